The largest absolute Gasteiger partial charge is 0.380 e. The Balaban J connectivity index is 1.84. The van der Waals surface area contributed by atoms with Gasteiger partial charge in [0, 0.05) is 12.6 Å². The van der Waals surface area contributed by atoms with Crippen LogP contribution in [-0.2, 0) is 4.74 Å². The molecule has 0 aromatic rings. The second-order valence-electron chi connectivity index (χ2n) is 8.26. The van der Waals surface area contributed by atoms with Gasteiger partial charge in [-0.1, -0.05) is 13.8 Å². The van der Waals surface area contributed by atoms with Crippen LogP contribution in [0.3, 0.4) is 0 Å². The molecular weight excluding hydrogens is 222 g/mol. The lowest BCUT2D eigenvalue weighted by Gasteiger charge is -2.66. The van der Waals surface area contributed by atoms with E-state index in [0.29, 0.717) is 16.2 Å². The van der Waals surface area contributed by atoms with Gasteiger partial charge in [0.2, 0.25) is 0 Å². The highest BCUT2D eigenvalue weighted by molar-refractivity contribution is 5.13. The summed E-state index contributed by atoms with van der Waals surface area (Å²) in [6.45, 7) is 8.64. The summed E-state index contributed by atoms with van der Waals surface area (Å²) >= 11 is 0. The summed E-state index contributed by atoms with van der Waals surface area (Å²) < 4.78 is 5.63. The fraction of sp³-hybridized carbons (Fsp3) is 1.00. The number of nitrogens with two attached hydrogens (primary N) is 1. The normalized spacial score (nSPS) is 51.7. The van der Waals surface area contributed by atoms with Crippen molar-refractivity contribution < 1.29 is 4.74 Å². The smallest absolute Gasteiger partial charge is 0.0622 e. The number of rotatable bonds is 4. The van der Waals surface area contributed by atoms with Crippen molar-refractivity contribution in [2.75, 3.05) is 13.2 Å². The molecule has 4 rings (SSSR count). The summed E-state index contributed by atoms with van der Waals surface area (Å²) in [4.78, 5) is 0. The summed E-state index contributed by atoms with van der Waals surface area (Å²) in [5.74, 6) is 0.934. The molecule has 0 heterocycles. The van der Waals surface area contributed by atoms with Gasteiger partial charge in [0.25, 0.3) is 0 Å². The van der Waals surface area contributed by atoms with Crippen LogP contribution in [-0.4, -0.2) is 19.3 Å². The Labute approximate surface area is 112 Å². The molecule has 4 aliphatic carbocycles. The van der Waals surface area contributed by atoms with E-state index in [1.54, 1.807) is 0 Å². The highest BCUT2D eigenvalue weighted by atomic mass is 16.5. The molecule has 4 saturated carbocycles. The zero-order chi connectivity index (χ0) is 13.0. The van der Waals surface area contributed by atoms with Gasteiger partial charge in [0.15, 0.2) is 0 Å². The molecule has 0 saturated heterocycles. The van der Waals surface area contributed by atoms with E-state index in [1.807, 2.05) is 0 Å². The van der Waals surface area contributed by atoms with E-state index in [4.69, 9.17) is 10.5 Å². The minimum Gasteiger partial charge on any atom is -0.380 e. The maximum Gasteiger partial charge on any atom is 0.0622 e. The van der Waals surface area contributed by atoms with Crippen molar-refractivity contribution >= 4 is 0 Å². The van der Waals surface area contributed by atoms with Crippen molar-refractivity contribution in [3.63, 3.8) is 0 Å². The molecule has 4 bridgehead atoms. The van der Waals surface area contributed by atoms with Crippen LogP contribution in [0, 0.1) is 22.2 Å². The Bertz CT molecular complexity index is 322. The summed E-state index contributed by atoms with van der Waals surface area (Å²) in [5.41, 5.74) is 8.07. The van der Waals surface area contributed by atoms with Crippen molar-refractivity contribution in [1.82, 2.24) is 0 Å². The molecule has 4 aliphatic rings. The van der Waals surface area contributed by atoms with Crippen LogP contribution in [0.25, 0.3) is 0 Å². The Hall–Kier alpha value is -0.0800. The van der Waals surface area contributed by atoms with Crippen LogP contribution < -0.4 is 5.73 Å². The van der Waals surface area contributed by atoms with Crippen LogP contribution in [0.4, 0.5) is 0 Å². The van der Waals surface area contributed by atoms with Gasteiger partial charge in [-0.2, -0.15) is 0 Å². The van der Waals surface area contributed by atoms with Crippen LogP contribution in [0.2, 0.25) is 0 Å². The van der Waals surface area contributed by atoms with Crippen LogP contribution >= 0.6 is 0 Å². The zero-order valence-corrected chi connectivity index (χ0v) is 12.3. The molecule has 2 nitrogen and oxygen atoms in total. The lowest BCUT2D eigenvalue weighted by molar-refractivity contribution is -0.159. The molecule has 0 aromatic carbocycles. The third-order valence-corrected chi connectivity index (χ3v) is 5.96. The number of ether oxygens (including phenoxy) is 1. The Morgan fingerprint density at radius 1 is 1.11 bits per heavy atom. The molecule has 104 valence electrons. The first-order chi connectivity index (χ1) is 8.39. The second kappa shape index (κ2) is 3.96. The monoisotopic (exact) mass is 251 g/mol. The minimum absolute atomic E-state index is 0.250. The molecule has 0 amide bonds. The Morgan fingerprint density at radius 3 is 2.22 bits per heavy atom. The zero-order valence-electron chi connectivity index (χ0n) is 12.3. The lowest BCUT2D eigenvalue weighted by Crippen LogP contribution is -2.61. The van der Waals surface area contributed by atoms with E-state index in [9.17, 15) is 0 Å². The molecule has 3 unspecified atom stereocenters. The van der Waals surface area contributed by atoms with Gasteiger partial charge in [-0.3, -0.25) is 0 Å². The maximum absolute atomic E-state index is 6.55. The van der Waals surface area contributed by atoms with Crippen molar-refractivity contribution in [1.29, 1.82) is 0 Å². The van der Waals surface area contributed by atoms with E-state index in [1.165, 1.54) is 38.5 Å². The highest BCUT2D eigenvalue weighted by Crippen LogP contribution is 2.70. The summed E-state index contributed by atoms with van der Waals surface area (Å²) in [7, 11) is 0. The van der Waals surface area contributed by atoms with E-state index in [2.05, 4.69) is 20.8 Å². The van der Waals surface area contributed by atoms with Gasteiger partial charge < -0.3 is 10.5 Å². The first-order valence-corrected chi connectivity index (χ1v) is 7.72. The summed E-state index contributed by atoms with van der Waals surface area (Å²) in [6.07, 6.45) is 8.39. The van der Waals surface area contributed by atoms with Crippen LogP contribution in [0.5, 0.6) is 0 Å². The Morgan fingerprint density at radius 2 is 1.72 bits per heavy atom. The van der Waals surface area contributed by atoms with Gasteiger partial charge in [0.1, 0.15) is 0 Å². The first-order valence-electron chi connectivity index (χ1n) is 7.72. The molecule has 18 heavy (non-hydrogen) atoms. The molecule has 0 radical (unpaired) electrons. The third kappa shape index (κ3) is 1.92. The second-order valence-corrected chi connectivity index (χ2v) is 8.26. The van der Waals surface area contributed by atoms with Crippen molar-refractivity contribution in [3.8, 4) is 0 Å². The van der Waals surface area contributed by atoms with Gasteiger partial charge in [-0.05, 0) is 67.6 Å². The van der Waals surface area contributed by atoms with Gasteiger partial charge >= 0.3 is 0 Å². The molecule has 4 fully saturated rings. The lowest BCUT2D eigenvalue weighted by atomic mass is 9.39. The van der Waals surface area contributed by atoms with Crippen LogP contribution in [0.1, 0.15) is 59.3 Å². The molecule has 0 spiro atoms. The summed E-state index contributed by atoms with van der Waals surface area (Å²) in [5, 5.41) is 0. The van der Waals surface area contributed by atoms with Crippen molar-refractivity contribution in [2.24, 2.45) is 27.9 Å². The maximum atomic E-state index is 6.55. The van der Waals surface area contributed by atoms with E-state index >= 15 is 0 Å². The molecule has 2 heteroatoms. The quantitative estimate of drug-likeness (QED) is 0.831. The highest BCUT2D eigenvalue weighted by Gasteiger charge is 2.61. The molecule has 0 aliphatic heterocycles. The van der Waals surface area contributed by atoms with Crippen LogP contribution in [0.15, 0.2) is 0 Å². The van der Waals surface area contributed by atoms with Crippen molar-refractivity contribution in [3.05, 3.63) is 0 Å². The predicted octanol–water partition coefficient (Wildman–Crippen LogP) is 3.35. The standard InChI is InChI=1S/C16H29NO/c1-4-18-8-13(17)16-7-12-5-14(2,10-16)9-15(3,6-12)11-16/h12-13H,4-11,17H2,1-3H3. The predicted molar refractivity (Wildman–Crippen MR) is 74.3 cm³/mol. The van der Waals surface area contributed by atoms with E-state index in [-0.39, 0.29) is 6.04 Å². The SMILES string of the molecule is CCOCC(N)C12CC3CC(C)(CC(C)(C3)C1)C2. The summed E-state index contributed by atoms with van der Waals surface area (Å²) in [6, 6.07) is 0.250. The molecule has 0 aromatic heterocycles. The van der Waals surface area contributed by atoms with Gasteiger partial charge in [-0.25, -0.2) is 0 Å². The molecule has 3 atom stereocenters. The average Bonchev–Trinajstić information content (AvgIpc) is 2.20. The fourth-order valence-electron chi connectivity index (χ4n) is 6.37. The topological polar surface area (TPSA) is 35.2 Å². The molecular formula is C16H29NO. The molecule has 2 N–H and O–H groups in total. The average molecular weight is 251 g/mol. The minimum atomic E-state index is 0.250. The third-order valence-electron chi connectivity index (χ3n) is 5.96. The van der Waals surface area contributed by atoms with Gasteiger partial charge in [0.05, 0.1) is 6.61 Å². The number of hydrogen-bond acceptors (Lipinski definition) is 2. The Kier molecular flexibility index (Phi) is 2.84. The first kappa shape index (κ1) is 12.9. The van der Waals surface area contributed by atoms with Crippen molar-refractivity contribution in [2.45, 2.75) is 65.3 Å². The van der Waals surface area contributed by atoms with E-state index in [0.717, 1.165) is 19.1 Å². The number of hydrogen-bond donors (Lipinski definition) is 1. The fourth-order valence-corrected chi connectivity index (χ4v) is 6.37. The van der Waals surface area contributed by atoms with E-state index < -0.39 is 0 Å². The van der Waals surface area contributed by atoms with Gasteiger partial charge in [-0.15, -0.1) is 0 Å².